The molecule has 0 spiro atoms. The van der Waals surface area contributed by atoms with Crippen LogP contribution in [0.4, 0.5) is 13.2 Å². The number of fused-ring (bicyclic) bond motifs is 1. The SMILES string of the molecule is CCOC(=O)c1cn(-c2nonc2C)c2c(F)c(F)c(F)cc2c1=O. The van der Waals surface area contributed by atoms with Crippen LogP contribution in [0.3, 0.4) is 0 Å². The van der Waals surface area contributed by atoms with E-state index in [-0.39, 0.29) is 18.1 Å². The Morgan fingerprint density at radius 1 is 1.28 bits per heavy atom. The summed E-state index contributed by atoms with van der Waals surface area (Å²) in [6, 6.07) is 0.512. The second kappa shape index (κ2) is 6.04. The summed E-state index contributed by atoms with van der Waals surface area (Å²) in [6.07, 6.45) is 0.926. The van der Waals surface area contributed by atoms with Crippen LogP contribution in [0.5, 0.6) is 0 Å². The lowest BCUT2D eigenvalue weighted by Crippen LogP contribution is -2.22. The van der Waals surface area contributed by atoms with Crippen LogP contribution in [0.25, 0.3) is 16.7 Å². The number of ether oxygens (including phenoxy) is 1. The van der Waals surface area contributed by atoms with Crippen molar-refractivity contribution in [3.8, 4) is 5.82 Å². The quantitative estimate of drug-likeness (QED) is 0.530. The van der Waals surface area contributed by atoms with E-state index in [9.17, 15) is 22.8 Å². The number of aryl methyl sites for hydroxylation is 1. The van der Waals surface area contributed by atoms with Crippen LogP contribution in [-0.2, 0) is 4.74 Å². The molecule has 0 atom stereocenters. The van der Waals surface area contributed by atoms with Crippen LogP contribution < -0.4 is 5.43 Å². The highest BCUT2D eigenvalue weighted by Gasteiger charge is 2.25. The zero-order valence-corrected chi connectivity index (χ0v) is 13.0. The molecule has 2 heterocycles. The Morgan fingerprint density at radius 2 is 2.00 bits per heavy atom. The van der Waals surface area contributed by atoms with E-state index in [1.165, 1.54) is 13.8 Å². The van der Waals surface area contributed by atoms with Gasteiger partial charge in [0.2, 0.25) is 11.2 Å². The summed E-state index contributed by atoms with van der Waals surface area (Å²) in [5, 5.41) is 6.50. The number of hydrogen-bond donors (Lipinski definition) is 0. The smallest absolute Gasteiger partial charge is 0.343 e. The second-order valence-corrected chi connectivity index (χ2v) is 5.02. The van der Waals surface area contributed by atoms with Gasteiger partial charge in [-0.2, -0.15) is 0 Å². The van der Waals surface area contributed by atoms with Crippen molar-refractivity contribution in [2.24, 2.45) is 0 Å². The number of nitrogens with zero attached hydrogens (tertiary/aromatic N) is 3. The fraction of sp³-hybridized carbons (Fsp3) is 0.200. The standard InChI is InChI=1S/C15H10F3N3O4/c1-3-24-15(23)8-5-21(14-6(2)19-25-20-14)12-7(13(8)22)4-9(16)10(17)11(12)18/h4-5H,3H2,1-2H3. The van der Waals surface area contributed by atoms with Gasteiger partial charge in [-0.15, -0.1) is 0 Å². The molecule has 10 heteroatoms. The van der Waals surface area contributed by atoms with E-state index >= 15 is 0 Å². The lowest BCUT2D eigenvalue weighted by atomic mass is 10.1. The topological polar surface area (TPSA) is 87.2 Å². The van der Waals surface area contributed by atoms with E-state index in [1.807, 2.05) is 0 Å². The number of halogens is 3. The number of rotatable bonds is 3. The summed E-state index contributed by atoms with van der Waals surface area (Å²) in [4.78, 5) is 24.4. The highest BCUT2D eigenvalue weighted by Crippen LogP contribution is 2.25. The summed E-state index contributed by atoms with van der Waals surface area (Å²) < 4.78 is 51.8. The van der Waals surface area contributed by atoms with Crippen molar-refractivity contribution in [1.82, 2.24) is 14.9 Å². The monoisotopic (exact) mass is 353 g/mol. The Morgan fingerprint density at radius 3 is 2.60 bits per heavy atom. The second-order valence-electron chi connectivity index (χ2n) is 5.02. The third-order valence-electron chi connectivity index (χ3n) is 3.48. The Kier molecular flexibility index (Phi) is 4.03. The molecule has 0 aliphatic carbocycles. The summed E-state index contributed by atoms with van der Waals surface area (Å²) in [7, 11) is 0. The first kappa shape index (κ1) is 16.7. The summed E-state index contributed by atoms with van der Waals surface area (Å²) in [5.41, 5.74) is -1.93. The maximum atomic E-state index is 14.3. The Hall–Kier alpha value is -3.17. The van der Waals surface area contributed by atoms with E-state index in [0.29, 0.717) is 6.07 Å². The largest absolute Gasteiger partial charge is 0.462 e. The zero-order chi connectivity index (χ0) is 18.3. The predicted octanol–water partition coefficient (Wildman–Crippen LogP) is 2.28. The maximum Gasteiger partial charge on any atom is 0.343 e. The molecule has 0 saturated heterocycles. The first-order chi connectivity index (χ1) is 11.9. The molecular weight excluding hydrogens is 343 g/mol. The Labute approximate surface area is 137 Å². The highest BCUT2D eigenvalue weighted by molar-refractivity contribution is 5.94. The number of carbonyl (C=O) groups excluding carboxylic acids is 1. The van der Waals surface area contributed by atoms with Crippen molar-refractivity contribution in [1.29, 1.82) is 0 Å². The Balaban J connectivity index is 2.50. The molecule has 25 heavy (non-hydrogen) atoms. The first-order valence-electron chi connectivity index (χ1n) is 7.06. The van der Waals surface area contributed by atoms with Gasteiger partial charge in [-0.3, -0.25) is 9.36 Å². The molecule has 0 amide bonds. The third kappa shape index (κ3) is 2.55. The number of aromatic nitrogens is 3. The molecule has 3 aromatic rings. The molecule has 7 nitrogen and oxygen atoms in total. The van der Waals surface area contributed by atoms with Crippen LogP contribution in [0.15, 0.2) is 21.7 Å². The van der Waals surface area contributed by atoms with E-state index in [1.54, 1.807) is 0 Å². The van der Waals surface area contributed by atoms with Crippen LogP contribution in [0, 0.1) is 24.4 Å². The number of hydrogen-bond acceptors (Lipinski definition) is 6. The van der Waals surface area contributed by atoms with E-state index in [4.69, 9.17) is 4.74 Å². The number of carbonyl (C=O) groups is 1. The molecule has 130 valence electrons. The highest BCUT2D eigenvalue weighted by atomic mass is 19.2. The average molecular weight is 353 g/mol. The van der Waals surface area contributed by atoms with Crippen LogP contribution in [-0.4, -0.2) is 27.5 Å². The lowest BCUT2D eigenvalue weighted by molar-refractivity contribution is 0.0524. The molecule has 0 fully saturated rings. The van der Waals surface area contributed by atoms with Crippen LogP contribution >= 0.6 is 0 Å². The molecule has 0 aliphatic rings. The normalized spacial score (nSPS) is 11.1. The van der Waals surface area contributed by atoms with Crippen LogP contribution in [0.1, 0.15) is 23.0 Å². The first-order valence-corrected chi connectivity index (χ1v) is 7.06. The van der Waals surface area contributed by atoms with Gasteiger partial charge >= 0.3 is 5.97 Å². The molecule has 0 unspecified atom stereocenters. The van der Waals surface area contributed by atoms with Gasteiger partial charge in [-0.25, -0.2) is 22.6 Å². The van der Waals surface area contributed by atoms with E-state index in [2.05, 4.69) is 14.9 Å². The van der Waals surface area contributed by atoms with E-state index in [0.717, 1.165) is 10.8 Å². The number of pyridine rings is 1. The van der Waals surface area contributed by atoms with Gasteiger partial charge in [0.05, 0.1) is 17.5 Å². The molecule has 2 aromatic heterocycles. The number of benzene rings is 1. The van der Waals surface area contributed by atoms with Gasteiger partial charge in [0.25, 0.3) is 0 Å². The minimum Gasteiger partial charge on any atom is -0.462 e. The molecular formula is C15H10F3N3O4. The minimum absolute atomic E-state index is 0.0208. The van der Waals surface area contributed by atoms with Gasteiger partial charge in [-0.1, -0.05) is 5.16 Å². The van der Waals surface area contributed by atoms with Gasteiger partial charge < -0.3 is 4.74 Å². The minimum atomic E-state index is -1.77. The molecule has 0 N–H and O–H groups in total. The van der Waals surface area contributed by atoms with Crippen molar-refractivity contribution in [3.05, 3.63) is 51.2 Å². The molecule has 1 aromatic carbocycles. The summed E-state index contributed by atoms with van der Waals surface area (Å²) in [5.74, 6) is -6.03. The third-order valence-corrected chi connectivity index (χ3v) is 3.48. The van der Waals surface area contributed by atoms with Gasteiger partial charge in [0.15, 0.2) is 17.5 Å². The van der Waals surface area contributed by atoms with Crippen molar-refractivity contribution < 1.29 is 27.3 Å². The fourth-order valence-corrected chi connectivity index (χ4v) is 2.36. The zero-order valence-electron chi connectivity index (χ0n) is 13.0. The van der Waals surface area contributed by atoms with E-state index < -0.39 is 45.3 Å². The maximum absolute atomic E-state index is 14.3. The lowest BCUT2D eigenvalue weighted by Gasteiger charge is -2.12. The van der Waals surface area contributed by atoms with Gasteiger partial charge in [-0.05, 0) is 25.1 Å². The Bertz CT molecular complexity index is 1060. The summed E-state index contributed by atoms with van der Waals surface area (Å²) >= 11 is 0. The molecule has 0 bridgehead atoms. The molecule has 3 rings (SSSR count). The van der Waals surface area contributed by atoms with Crippen LogP contribution in [0.2, 0.25) is 0 Å². The molecule has 0 radical (unpaired) electrons. The van der Waals surface area contributed by atoms with Crippen molar-refractivity contribution >= 4 is 16.9 Å². The molecule has 0 aliphatic heterocycles. The van der Waals surface area contributed by atoms with Crippen molar-refractivity contribution in [2.45, 2.75) is 13.8 Å². The fourth-order valence-electron chi connectivity index (χ4n) is 2.36. The number of esters is 1. The van der Waals surface area contributed by atoms with Gasteiger partial charge in [0.1, 0.15) is 11.3 Å². The summed E-state index contributed by atoms with van der Waals surface area (Å²) in [6.45, 7) is 2.96. The van der Waals surface area contributed by atoms with Crippen molar-refractivity contribution in [2.75, 3.05) is 6.61 Å². The van der Waals surface area contributed by atoms with Crippen molar-refractivity contribution in [3.63, 3.8) is 0 Å². The van der Waals surface area contributed by atoms with Gasteiger partial charge in [0, 0.05) is 6.20 Å². The average Bonchev–Trinajstić information content (AvgIpc) is 2.99. The predicted molar refractivity (Wildman–Crippen MR) is 78.0 cm³/mol. The molecule has 0 saturated carbocycles.